The second-order valence-corrected chi connectivity index (χ2v) is 7.28. The maximum absolute atomic E-state index is 12.7. The Labute approximate surface area is 150 Å². The van der Waals surface area contributed by atoms with Crippen LogP contribution in [0.2, 0.25) is 0 Å². The normalized spacial score (nSPS) is 18.8. The van der Waals surface area contributed by atoms with Crippen LogP contribution in [0.25, 0.3) is 0 Å². The summed E-state index contributed by atoms with van der Waals surface area (Å²) in [7, 11) is 0. The lowest BCUT2D eigenvalue weighted by atomic mass is 9.97. The number of allylic oxidation sites excluding steroid dienone is 2. The highest BCUT2D eigenvalue weighted by Crippen LogP contribution is 2.23. The second-order valence-electron chi connectivity index (χ2n) is 7.28. The smallest absolute Gasteiger partial charge is 0.234 e. The van der Waals surface area contributed by atoms with E-state index in [9.17, 15) is 9.59 Å². The summed E-state index contributed by atoms with van der Waals surface area (Å²) < 4.78 is 2.27. The van der Waals surface area contributed by atoms with E-state index in [1.165, 1.54) is 25.7 Å². The topological polar surface area (TPSA) is 54.3 Å². The third-order valence-corrected chi connectivity index (χ3v) is 5.40. The standard InChI is InChI=1S/C20H29N3O2/c1-15-12-18(19(24)13-22-11-9-21-20(25)14-22)16(2)23(15)10-8-17-6-4-3-5-7-17/h6,12H,3-5,7-11,13-14H2,1-2H3,(H,21,25). The predicted molar refractivity (Wildman–Crippen MR) is 98.9 cm³/mol. The summed E-state index contributed by atoms with van der Waals surface area (Å²) in [4.78, 5) is 26.1. The van der Waals surface area contributed by atoms with Gasteiger partial charge in [0, 0.05) is 36.6 Å². The van der Waals surface area contributed by atoms with E-state index in [0.717, 1.165) is 36.5 Å². The maximum Gasteiger partial charge on any atom is 0.234 e. The van der Waals surface area contributed by atoms with Crippen LogP contribution >= 0.6 is 0 Å². The molecule has 0 unspecified atom stereocenters. The molecule has 136 valence electrons. The van der Waals surface area contributed by atoms with Crippen LogP contribution in [0.4, 0.5) is 0 Å². The number of hydrogen-bond donors (Lipinski definition) is 1. The van der Waals surface area contributed by atoms with Gasteiger partial charge in [0.15, 0.2) is 5.78 Å². The Hall–Kier alpha value is -1.88. The molecule has 1 saturated heterocycles. The molecule has 25 heavy (non-hydrogen) atoms. The number of piperazine rings is 1. The van der Waals surface area contributed by atoms with E-state index < -0.39 is 0 Å². The third-order valence-electron chi connectivity index (χ3n) is 5.40. The van der Waals surface area contributed by atoms with Gasteiger partial charge in [0.05, 0.1) is 13.1 Å². The van der Waals surface area contributed by atoms with Crippen molar-refractivity contribution in [1.82, 2.24) is 14.8 Å². The first kappa shape index (κ1) is 17.9. The molecule has 2 heterocycles. The first-order valence-electron chi connectivity index (χ1n) is 9.41. The Balaban J connectivity index is 1.64. The van der Waals surface area contributed by atoms with Crippen molar-refractivity contribution in [3.63, 3.8) is 0 Å². The van der Waals surface area contributed by atoms with Gasteiger partial charge >= 0.3 is 0 Å². The molecule has 1 N–H and O–H groups in total. The van der Waals surface area contributed by atoms with Crippen LogP contribution in [0.3, 0.4) is 0 Å². The first-order chi connectivity index (χ1) is 12.0. The van der Waals surface area contributed by atoms with Gasteiger partial charge in [-0.05, 0) is 52.0 Å². The van der Waals surface area contributed by atoms with E-state index in [0.29, 0.717) is 19.6 Å². The van der Waals surface area contributed by atoms with Gasteiger partial charge in [-0.15, -0.1) is 0 Å². The molecular formula is C20H29N3O2. The van der Waals surface area contributed by atoms with Crippen LogP contribution in [-0.2, 0) is 11.3 Å². The van der Waals surface area contributed by atoms with Crippen LogP contribution < -0.4 is 5.32 Å². The fourth-order valence-electron chi connectivity index (χ4n) is 3.93. The molecule has 1 aromatic heterocycles. The van der Waals surface area contributed by atoms with E-state index in [2.05, 4.69) is 22.9 Å². The zero-order valence-corrected chi connectivity index (χ0v) is 15.4. The molecule has 0 atom stereocenters. The summed E-state index contributed by atoms with van der Waals surface area (Å²) in [6.07, 6.45) is 8.54. The number of hydrogen-bond acceptors (Lipinski definition) is 3. The molecule has 0 radical (unpaired) electrons. The first-order valence-corrected chi connectivity index (χ1v) is 9.41. The highest BCUT2D eigenvalue weighted by atomic mass is 16.2. The molecule has 1 aliphatic heterocycles. The van der Waals surface area contributed by atoms with Gasteiger partial charge in [0.25, 0.3) is 0 Å². The molecule has 0 aromatic carbocycles. The molecule has 1 aliphatic carbocycles. The predicted octanol–water partition coefficient (Wildman–Crippen LogP) is 2.61. The average Bonchev–Trinajstić information content (AvgIpc) is 2.88. The van der Waals surface area contributed by atoms with Gasteiger partial charge in [-0.3, -0.25) is 14.5 Å². The van der Waals surface area contributed by atoms with E-state index >= 15 is 0 Å². The summed E-state index contributed by atoms with van der Waals surface area (Å²) in [6.45, 7) is 7.07. The van der Waals surface area contributed by atoms with E-state index in [1.54, 1.807) is 5.57 Å². The quantitative estimate of drug-likeness (QED) is 0.638. The zero-order valence-electron chi connectivity index (χ0n) is 15.4. The third kappa shape index (κ3) is 4.40. The monoisotopic (exact) mass is 343 g/mol. The Kier molecular flexibility index (Phi) is 5.74. The molecule has 1 aromatic rings. The van der Waals surface area contributed by atoms with Gasteiger partial charge in [0.1, 0.15) is 0 Å². The van der Waals surface area contributed by atoms with Crippen molar-refractivity contribution >= 4 is 11.7 Å². The number of nitrogens with one attached hydrogen (secondary N) is 1. The second kappa shape index (κ2) is 8.00. The highest BCUT2D eigenvalue weighted by molar-refractivity contribution is 5.99. The highest BCUT2D eigenvalue weighted by Gasteiger charge is 2.22. The molecule has 5 heteroatoms. The van der Waals surface area contributed by atoms with Crippen molar-refractivity contribution in [2.24, 2.45) is 0 Å². The molecular weight excluding hydrogens is 314 g/mol. The lowest BCUT2D eigenvalue weighted by molar-refractivity contribution is -0.123. The molecule has 3 rings (SSSR count). The lowest BCUT2D eigenvalue weighted by Crippen LogP contribution is -2.49. The van der Waals surface area contributed by atoms with Crippen molar-refractivity contribution in [3.05, 3.63) is 34.7 Å². The number of carbonyl (C=O) groups is 2. The van der Waals surface area contributed by atoms with Gasteiger partial charge < -0.3 is 9.88 Å². The number of aryl methyl sites for hydroxylation is 1. The minimum atomic E-state index is 0.00489. The fourth-order valence-corrected chi connectivity index (χ4v) is 3.93. The van der Waals surface area contributed by atoms with E-state index in [4.69, 9.17) is 0 Å². The fraction of sp³-hybridized carbons (Fsp3) is 0.600. The molecule has 5 nitrogen and oxygen atoms in total. The Morgan fingerprint density at radius 2 is 2.12 bits per heavy atom. The summed E-state index contributed by atoms with van der Waals surface area (Å²) in [5, 5.41) is 2.80. The van der Waals surface area contributed by atoms with Crippen molar-refractivity contribution < 1.29 is 9.59 Å². The largest absolute Gasteiger partial charge is 0.354 e. The Morgan fingerprint density at radius 1 is 1.28 bits per heavy atom. The van der Waals surface area contributed by atoms with Crippen molar-refractivity contribution in [2.45, 2.75) is 52.5 Å². The average molecular weight is 343 g/mol. The molecule has 2 aliphatic rings. The van der Waals surface area contributed by atoms with Crippen molar-refractivity contribution in [1.29, 1.82) is 0 Å². The minimum absolute atomic E-state index is 0.00489. The number of nitrogens with zero attached hydrogens (tertiary/aromatic N) is 2. The lowest BCUT2D eigenvalue weighted by Gasteiger charge is -2.25. The number of aromatic nitrogens is 1. The zero-order chi connectivity index (χ0) is 17.8. The molecule has 0 saturated carbocycles. The van der Waals surface area contributed by atoms with Gasteiger partial charge in [-0.25, -0.2) is 0 Å². The number of rotatable bonds is 6. The number of amides is 1. The van der Waals surface area contributed by atoms with E-state index in [1.807, 2.05) is 17.9 Å². The SMILES string of the molecule is Cc1cc(C(=O)CN2CCNC(=O)C2)c(C)n1CCC1=CCCCC1. The molecule has 0 bridgehead atoms. The summed E-state index contributed by atoms with van der Waals surface area (Å²) >= 11 is 0. The van der Waals surface area contributed by atoms with E-state index in [-0.39, 0.29) is 11.7 Å². The van der Waals surface area contributed by atoms with Crippen LogP contribution in [0.15, 0.2) is 17.7 Å². The summed E-state index contributed by atoms with van der Waals surface area (Å²) in [5.74, 6) is 0.121. The number of Topliss-reactive ketones (excluding diaryl/α,β-unsaturated/α-hetero) is 1. The van der Waals surface area contributed by atoms with Crippen molar-refractivity contribution in [3.8, 4) is 0 Å². The Morgan fingerprint density at radius 3 is 2.84 bits per heavy atom. The van der Waals surface area contributed by atoms with Gasteiger partial charge in [-0.2, -0.15) is 0 Å². The van der Waals surface area contributed by atoms with Crippen LogP contribution in [-0.4, -0.2) is 47.3 Å². The van der Waals surface area contributed by atoms with Gasteiger partial charge in [0.2, 0.25) is 5.91 Å². The molecule has 0 spiro atoms. The maximum atomic E-state index is 12.7. The summed E-state index contributed by atoms with van der Waals surface area (Å²) in [6, 6.07) is 2.01. The van der Waals surface area contributed by atoms with Crippen LogP contribution in [0.1, 0.15) is 53.8 Å². The number of carbonyl (C=O) groups excluding carboxylic acids is 2. The van der Waals surface area contributed by atoms with Crippen LogP contribution in [0, 0.1) is 13.8 Å². The Bertz CT molecular complexity index is 687. The molecule has 1 fully saturated rings. The van der Waals surface area contributed by atoms with Crippen molar-refractivity contribution in [2.75, 3.05) is 26.2 Å². The van der Waals surface area contributed by atoms with Gasteiger partial charge in [-0.1, -0.05) is 11.6 Å². The number of ketones is 1. The molecule has 1 amide bonds. The minimum Gasteiger partial charge on any atom is -0.354 e. The van der Waals surface area contributed by atoms with Crippen LogP contribution in [0.5, 0.6) is 0 Å². The summed E-state index contributed by atoms with van der Waals surface area (Å²) in [5.41, 5.74) is 4.57.